The molecule has 2 heterocycles. The number of imide groups is 2. The van der Waals surface area contributed by atoms with Gasteiger partial charge in [-0.3, -0.25) is 29.4 Å². The smallest absolute Gasteiger partial charge is 0.263 e. The van der Waals surface area contributed by atoms with Gasteiger partial charge in [-0.25, -0.2) is 4.39 Å². The van der Waals surface area contributed by atoms with Crippen LogP contribution >= 0.6 is 11.8 Å². The van der Waals surface area contributed by atoms with Crippen molar-refractivity contribution in [3.8, 4) is 0 Å². The summed E-state index contributed by atoms with van der Waals surface area (Å²) in [5, 5.41) is 6.16. The molecule has 4 aliphatic carbocycles. The first kappa shape index (κ1) is 26.9. The predicted octanol–water partition coefficient (Wildman–Crippen LogP) is 4.83. The van der Waals surface area contributed by atoms with Crippen molar-refractivity contribution in [2.45, 2.75) is 99.9 Å². The first-order valence-corrected chi connectivity index (χ1v) is 15.7. The Morgan fingerprint density at radius 2 is 1.59 bits per heavy atom. The van der Waals surface area contributed by atoms with Gasteiger partial charge in [-0.15, -0.1) is 11.8 Å². The van der Waals surface area contributed by atoms with Crippen molar-refractivity contribution in [3.63, 3.8) is 0 Å². The molecule has 1 aromatic rings. The fourth-order valence-electron chi connectivity index (χ4n) is 8.26. The highest BCUT2D eigenvalue weighted by Crippen LogP contribution is 2.55. The third kappa shape index (κ3) is 5.29. The number of benzene rings is 1. The van der Waals surface area contributed by atoms with Gasteiger partial charge in [0.05, 0.1) is 16.0 Å². The lowest BCUT2D eigenvalue weighted by molar-refractivity contribution is -0.136. The van der Waals surface area contributed by atoms with E-state index in [1.165, 1.54) is 75.3 Å². The number of thioether (sulfide) groups is 1. The number of carbonyl (C=O) groups is 4. The Bertz CT molecular complexity index is 1150. The number of unbranched alkanes of at least 4 members (excludes halogenated alkanes) is 4. The average molecular weight is 556 g/mol. The van der Waals surface area contributed by atoms with Crippen LogP contribution in [-0.4, -0.2) is 52.4 Å². The van der Waals surface area contributed by atoms with Gasteiger partial charge in [0, 0.05) is 12.0 Å². The molecule has 2 N–H and O–H groups in total. The third-order valence-electron chi connectivity index (χ3n) is 9.62. The van der Waals surface area contributed by atoms with Crippen LogP contribution in [0.4, 0.5) is 4.39 Å². The lowest BCUT2D eigenvalue weighted by Gasteiger charge is -2.57. The van der Waals surface area contributed by atoms with E-state index in [9.17, 15) is 23.6 Å². The van der Waals surface area contributed by atoms with Gasteiger partial charge in [-0.05, 0) is 100.0 Å². The summed E-state index contributed by atoms with van der Waals surface area (Å²) in [5.74, 6) is 0.672. The van der Waals surface area contributed by atoms with Crippen molar-refractivity contribution >= 4 is 35.4 Å². The number of nitrogens with zero attached hydrogens (tertiary/aromatic N) is 1. The Labute approximate surface area is 233 Å². The fraction of sp³-hybridized carbons (Fsp3) is 0.667. The van der Waals surface area contributed by atoms with E-state index in [1.807, 2.05) is 0 Å². The summed E-state index contributed by atoms with van der Waals surface area (Å²) >= 11 is 1.27. The van der Waals surface area contributed by atoms with Crippen LogP contribution in [0.15, 0.2) is 17.0 Å². The van der Waals surface area contributed by atoms with E-state index in [-0.39, 0.29) is 28.9 Å². The normalized spacial score (nSPS) is 31.3. The highest BCUT2D eigenvalue weighted by atomic mass is 32.2. The predicted molar refractivity (Wildman–Crippen MR) is 146 cm³/mol. The topological polar surface area (TPSA) is 95.6 Å². The highest BCUT2D eigenvalue weighted by molar-refractivity contribution is 7.99. The van der Waals surface area contributed by atoms with Crippen molar-refractivity contribution < 1.29 is 23.6 Å². The Hall–Kier alpha value is -2.26. The van der Waals surface area contributed by atoms with Gasteiger partial charge < -0.3 is 5.32 Å². The van der Waals surface area contributed by atoms with E-state index in [4.69, 9.17) is 0 Å². The maximum absolute atomic E-state index is 14.8. The Balaban J connectivity index is 0.947. The van der Waals surface area contributed by atoms with Gasteiger partial charge >= 0.3 is 0 Å². The second-order valence-electron chi connectivity index (χ2n) is 12.5. The van der Waals surface area contributed by atoms with Crippen LogP contribution in [0.5, 0.6) is 0 Å². The monoisotopic (exact) mass is 555 g/mol. The molecule has 0 aromatic heterocycles. The molecule has 210 valence electrons. The van der Waals surface area contributed by atoms with Gasteiger partial charge in [-0.1, -0.05) is 19.3 Å². The number of amides is 4. The molecule has 1 aromatic carbocycles. The summed E-state index contributed by atoms with van der Waals surface area (Å²) < 4.78 is 14.8. The summed E-state index contributed by atoms with van der Waals surface area (Å²) in [5.41, 5.74) is 0.600. The quantitative estimate of drug-likeness (QED) is 0.231. The number of hydrogen-bond acceptors (Lipinski definition) is 6. The Kier molecular flexibility index (Phi) is 7.57. The molecule has 0 radical (unpaired) electrons. The molecular formula is C30H38FN3O4S. The minimum Gasteiger partial charge on any atom is -0.311 e. The van der Waals surface area contributed by atoms with Crippen LogP contribution in [0.3, 0.4) is 0 Å². The molecule has 9 heteroatoms. The minimum absolute atomic E-state index is 0.0467. The van der Waals surface area contributed by atoms with Crippen LogP contribution in [0.2, 0.25) is 0 Å². The first-order valence-electron chi connectivity index (χ1n) is 14.8. The molecule has 39 heavy (non-hydrogen) atoms. The minimum atomic E-state index is -1.05. The molecule has 4 amide bonds. The molecule has 6 aliphatic rings. The molecule has 1 saturated heterocycles. The molecule has 4 bridgehead atoms. The zero-order valence-electron chi connectivity index (χ0n) is 22.4. The lowest BCUT2D eigenvalue weighted by Crippen LogP contribution is -2.58. The Morgan fingerprint density at radius 1 is 0.923 bits per heavy atom. The molecule has 5 fully saturated rings. The second-order valence-corrected chi connectivity index (χ2v) is 13.6. The van der Waals surface area contributed by atoms with Gasteiger partial charge in [0.15, 0.2) is 0 Å². The van der Waals surface area contributed by atoms with Crippen LogP contribution < -0.4 is 10.6 Å². The summed E-state index contributed by atoms with van der Waals surface area (Å²) in [6.07, 6.45) is 14.1. The van der Waals surface area contributed by atoms with Crippen LogP contribution in [0.1, 0.15) is 104 Å². The second kappa shape index (κ2) is 11.0. The molecule has 7 rings (SSSR count). The highest BCUT2D eigenvalue weighted by Gasteiger charge is 2.50. The number of nitrogens with one attached hydrogen (secondary N) is 2. The lowest BCUT2D eigenvalue weighted by atomic mass is 9.53. The van der Waals surface area contributed by atoms with E-state index in [2.05, 4.69) is 10.6 Å². The molecule has 4 saturated carbocycles. The molecule has 2 aliphatic heterocycles. The first-order chi connectivity index (χ1) is 18.8. The molecule has 0 spiro atoms. The number of hydrogen-bond donors (Lipinski definition) is 2. The van der Waals surface area contributed by atoms with Crippen molar-refractivity contribution in [1.82, 2.24) is 15.5 Å². The zero-order valence-corrected chi connectivity index (χ0v) is 23.3. The number of rotatable bonds is 11. The van der Waals surface area contributed by atoms with Crippen molar-refractivity contribution in [1.29, 1.82) is 0 Å². The van der Waals surface area contributed by atoms with Gasteiger partial charge in [0.2, 0.25) is 11.8 Å². The summed E-state index contributed by atoms with van der Waals surface area (Å²) in [4.78, 5) is 51.1. The number of halogens is 1. The maximum Gasteiger partial charge on any atom is 0.263 e. The van der Waals surface area contributed by atoms with Crippen LogP contribution in [0, 0.1) is 23.6 Å². The molecular weight excluding hydrogens is 517 g/mol. The number of carbonyl (C=O) groups excluding carboxylic acids is 4. The van der Waals surface area contributed by atoms with Crippen LogP contribution in [-0.2, 0) is 9.59 Å². The molecule has 1 unspecified atom stereocenters. The maximum atomic E-state index is 14.8. The summed E-state index contributed by atoms with van der Waals surface area (Å²) in [6.45, 7) is 1.10. The number of fused-ring (bicyclic) bond motifs is 1. The van der Waals surface area contributed by atoms with Gasteiger partial charge in [-0.2, -0.15) is 0 Å². The number of piperidine rings is 1. The summed E-state index contributed by atoms with van der Waals surface area (Å²) in [7, 11) is 0. The van der Waals surface area contributed by atoms with Crippen LogP contribution in [0.25, 0.3) is 0 Å². The van der Waals surface area contributed by atoms with Gasteiger partial charge in [0.1, 0.15) is 11.9 Å². The Morgan fingerprint density at radius 3 is 2.28 bits per heavy atom. The zero-order chi connectivity index (χ0) is 27.1. The van der Waals surface area contributed by atoms with E-state index < -0.39 is 35.5 Å². The molecule has 1 atom stereocenters. The average Bonchev–Trinajstić information content (AvgIpc) is 3.13. The van der Waals surface area contributed by atoms with E-state index in [1.54, 1.807) is 0 Å². The van der Waals surface area contributed by atoms with E-state index in [0.717, 1.165) is 48.5 Å². The molecule has 7 nitrogen and oxygen atoms in total. The van der Waals surface area contributed by atoms with Crippen molar-refractivity contribution in [3.05, 3.63) is 29.1 Å². The van der Waals surface area contributed by atoms with Crippen molar-refractivity contribution in [2.24, 2.45) is 17.8 Å². The van der Waals surface area contributed by atoms with Crippen molar-refractivity contribution in [2.75, 3.05) is 12.3 Å². The standard InChI is InChI=1S/C30H38FN3O4S/c31-22-7-6-21-25(29(38)34(28(21)37)23-8-9-24(35)33-27(23)36)26(22)39-11-5-3-1-2-4-10-32-30-15-18-12-19(16-30)14-20(13-18)17-30/h6-7,18-20,23,32H,1-5,8-17H2,(H,33,35,36). The largest absolute Gasteiger partial charge is 0.311 e. The SMILES string of the molecule is O=C1CCC(N2C(=O)c3ccc(F)c(SCCCCCCCNC45CC6CC(CC(C6)C4)C5)c3C2=O)C(=O)N1. The fourth-order valence-corrected chi connectivity index (χ4v) is 9.36. The van der Waals surface area contributed by atoms with Gasteiger partial charge in [0.25, 0.3) is 11.8 Å². The van der Waals surface area contributed by atoms with E-state index >= 15 is 0 Å². The third-order valence-corrected chi connectivity index (χ3v) is 10.8. The summed E-state index contributed by atoms with van der Waals surface area (Å²) in [6, 6.07) is 1.49. The van der Waals surface area contributed by atoms with E-state index in [0.29, 0.717) is 11.3 Å².